The molecule has 1 N–H and O–H groups in total. The fourth-order valence-corrected chi connectivity index (χ4v) is 3.73. The van der Waals surface area contributed by atoms with Gasteiger partial charge in [0.1, 0.15) is 11.3 Å². The van der Waals surface area contributed by atoms with Crippen molar-refractivity contribution >= 4 is 35.9 Å². The van der Waals surface area contributed by atoms with Crippen LogP contribution in [0.3, 0.4) is 0 Å². The second kappa shape index (κ2) is 11.2. The van der Waals surface area contributed by atoms with Crippen molar-refractivity contribution in [2.75, 3.05) is 34.4 Å². The highest BCUT2D eigenvalue weighted by atomic mass is 127. The fraction of sp³-hybridized carbons (Fsp3) is 0.476. The normalized spacial score (nSPS) is 19.1. The van der Waals surface area contributed by atoms with Crippen LogP contribution < -0.4 is 10.1 Å². The quantitative estimate of drug-likeness (QED) is 0.279. The van der Waals surface area contributed by atoms with E-state index >= 15 is 0 Å². The second-order valence-corrected chi connectivity index (χ2v) is 7.22. The molecule has 0 aliphatic carbocycles. The number of guanidine groups is 1. The second-order valence-electron chi connectivity index (χ2n) is 7.22. The minimum atomic E-state index is -0.412. The molecule has 0 amide bonds. The molecule has 3 rings (SSSR count). The van der Waals surface area contributed by atoms with Crippen molar-refractivity contribution in [1.29, 1.82) is 0 Å². The summed E-state index contributed by atoms with van der Waals surface area (Å²) in [6.07, 6.45) is 6.82. The van der Waals surface area contributed by atoms with Crippen LogP contribution in [0.5, 0.6) is 5.75 Å². The van der Waals surface area contributed by atoms with Crippen LogP contribution in [0.25, 0.3) is 0 Å². The third-order valence-corrected chi connectivity index (χ3v) is 5.46. The van der Waals surface area contributed by atoms with Crippen molar-refractivity contribution in [2.45, 2.75) is 25.9 Å². The summed E-state index contributed by atoms with van der Waals surface area (Å²) in [7, 11) is 4.70. The van der Waals surface area contributed by atoms with Gasteiger partial charge in [0.2, 0.25) is 0 Å². The van der Waals surface area contributed by atoms with Crippen molar-refractivity contribution in [3.63, 3.8) is 0 Å². The molecule has 8 nitrogen and oxygen atoms in total. The van der Waals surface area contributed by atoms with Gasteiger partial charge in [0.05, 0.1) is 26.6 Å². The topological polar surface area (TPSA) is 81.0 Å². The Morgan fingerprint density at radius 3 is 2.80 bits per heavy atom. The van der Waals surface area contributed by atoms with Crippen molar-refractivity contribution in [2.24, 2.45) is 10.9 Å². The summed E-state index contributed by atoms with van der Waals surface area (Å²) in [5.74, 6) is 1.52. The standard InChI is InChI=1S/C21H29N5O3.HI/c1-15-7-9-25(13-18(15)26-10-8-23-14-26)21(22-2)24-12-16-5-6-17(20(27)29-4)19(11-16)28-3;/h5-6,8,10-11,14-15,18H,7,9,12-13H2,1-4H3,(H,22,24);1H. The number of hydrogen-bond donors (Lipinski definition) is 1. The van der Waals surface area contributed by atoms with E-state index in [1.54, 1.807) is 20.2 Å². The number of aromatic nitrogens is 2. The van der Waals surface area contributed by atoms with Crippen LogP contribution in [0, 0.1) is 5.92 Å². The number of likely N-dealkylation sites (tertiary alicyclic amines) is 1. The van der Waals surface area contributed by atoms with E-state index in [1.807, 2.05) is 30.9 Å². The molecule has 2 unspecified atom stereocenters. The van der Waals surface area contributed by atoms with E-state index in [1.165, 1.54) is 7.11 Å². The number of carbonyl (C=O) groups is 1. The molecule has 2 aromatic rings. The van der Waals surface area contributed by atoms with Gasteiger partial charge in [-0.3, -0.25) is 4.99 Å². The van der Waals surface area contributed by atoms with Gasteiger partial charge < -0.3 is 24.3 Å². The highest BCUT2D eigenvalue weighted by molar-refractivity contribution is 14.0. The Kier molecular flexibility index (Phi) is 8.94. The molecule has 1 aromatic heterocycles. The zero-order valence-corrected chi connectivity index (χ0v) is 20.2. The number of piperidine rings is 1. The van der Waals surface area contributed by atoms with Crippen molar-refractivity contribution < 1.29 is 14.3 Å². The van der Waals surface area contributed by atoms with Gasteiger partial charge in [-0.25, -0.2) is 9.78 Å². The average molecular weight is 527 g/mol. The molecule has 2 atom stereocenters. The zero-order valence-electron chi connectivity index (χ0n) is 17.9. The lowest BCUT2D eigenvalue weighted by Crippen LogP contribution is -2.48. The van der Waals surface area contributed by atoms with E-state index in [9.17, 15) is 4.79 Å². The molecule has 0 spiro atoms. The van der Waals surface area contributed by atoms with Gasteiger partial charge in [0, 0.05) is 39.1 Å². The lowest BCUT2D eigenvalue weighted by molar-refractivity contribution is 0.0597. The van der Waals surface area contributed by atoms with Crippen LogP contribution in [0.2, 0.25) is 0 Å². The van der Waals surface area contributed by atoms with Crippen molar-refractivity contribution in [1.82, 2.24) is 19.8 Å². The number of ether oxygens (including phenoxy) is 2. The van der Waals surface area contributed by atoms with Gasteiger partial charge in [-0.05, 0) is 30.0 Å². The molecular formula is C21H30IN5O3. The van der Waals surface area contributed by atoms with E-state index in [0.29, 0.717) is 29.8 Å². The Labute approximate surface area is 194 Å². The number of aliphatic imine (C=N–C) groups is 1. The van der Waals surface area contributed by atoms with Crippen LogP contribution in [0.4, 0.5) is 0 Å². The minimum absolute atomic E-state index is 0. The molecule has 1 fully saturated rings. The van der Waals surface area contributed by atoms with E-state index in [2.05, 4.69) is 31.7 Å². The van der Waals surface area contributed by atoms with E-state index < -0.39 is 5.97 Å². The summed E-state index contributed by atoms with van der Waals surface area (Å²) in [6.45, 7) is 4.69. The molecule has 1 aliphatic rings. The Balaban J connectivity index is 0.00000320. The third kappa shape index (κ3) is 5.44. The monoisotopic (exact) mass is 527 g/mol. The van der Waals surface area contributed by atoms with Gasteiger partial charge in [-0.1, -0.05) is 13.0 Å². The summed E-state index contributed by atoms with van der Waals surface area (Å²) in [5, 5.41) is 3.43. The predicted octanol–water partition coefficient (Wildman–Crippen LogP) is 2.95. The molecule has 2 heterocycles. The summed E-state index contributed by atoms with van der Waals surface area (Å²) in [6, 6.07) is 5.83. The highest BCUT2D eigenvalue weighted by Crippen LogP contribution is 2.27. The molecule has 1 aromatic carbocycles. The van der Waals surface area contributed by atoms with Crippen LogP contribution >= 0.6 is 24.0 Å². The summed E-state index contributed by atoms with van der Waals surface area (Å²) >= 11 is 0. The lowest BCUT2D eigenvalue weighted by atomic mass is 9.93. The minimum Gasteiger partial charge on any atom is -0.496 e. The third-order valence-electron chi connectivity index (χ3n) is 5.46. The Hall–Kier alpha value is -2.30. The number of nitrogens with zero attached hydrogens (tertiary/aromatic N) is 4. The molecule has 30 heavy (non-hydrogen) atoms. The first kappa shape index (κ1) is 24.0. The Bertz CT molecular complexity index is 856. The van der Waals surface area contributed by atoms with Gasteiger partial charge in [0.25, 0.3) is 0 Å². The summed E-state index contributed by atoms with van der Waals surface area (Å²) in [5.41, 5.74) is 1.41. The Morgan fingerprint density at radius 1 is 1.37 bits per heavy atom. The first-order valence-corrected chi connectivity index (χ1v) is 9.75. The van der Waals surface area contributed by atoms with Crippen LogP contribution in [0.15, 0.2) is 41.9 Å². The van der Waals surface area contributed by atoms with Crippen LogP contribution in [0.1, 0.15) is 35.3 Å². The number of carbonyl (C=O) groups excluding carboxylic acids is 1. The molecular weight excluding hydrogens is 497 g/mol. The smallest absolute Gasteiger partial charge is 0.341 e. The average Bonchev–Trinajstić information content (AvgIpc) is 3.29. The van der Waals surface area contributed by atoms with Gasteiger partial charge >= 0.3 is 5.97 Å². The number of benzene rings is 1. The van der Waals surface area contributed by atoms with Crippen LogP contribution in [-0.2, 0) is 11.3 Å². The maximum atomic E-state index is 11.8. The maximum Gasteiger partial charge on any atom is 0.341 e. The van der Waals surface area contributed by atoms with Gasteiger partial charge in [-0.15, -0.1) is 24.0 Å². The number of imidazole rings is 1. The van der Waals surface area contributed by atoms with Crippen molar-refractivity contribution in [3.8, 4) is 5.75 Å². The molecule has 164 valence electrons. The molecule has 1 saturated heterocycles. The Morgan fingerprint density at radius 2 is 2.17 bits per heavy atom. The lowest BCUT2D eigenvalue weighted by Gasteiger charge is -2.39. The number of hydrogen-bond acceptors (Lipinski definition) is 5. The molecule has 1 aliphatic heterocycles. The fourth-order valence-electron chi connectivity index (χ4n) is 3.73. The largest absolute Gasteiger partial charge is 0.496 e. The number of esters is 1. The zero-order chi connectivity index (χ0) is 20.8. The summed E-state index contributed by atoms with van der Waals surface area (Å²) in [4.78, 5) is 22.8. The first-order chi connectivity index (χ1) is 14.1. The highest BCUT2D eigenvalue weighted by Gasteiger charge is 2.28. The molecule has 0 radical (unpaired) electrons. The molecule has 0 bridgehead atoms. The van der Waals surface area contributed by atoms with E-state index in [4.69, 9.17) is 9.47 Å². The molecule has 0 saturated carbocycles. The van der Waals surface area contributed by atoms with E-state index in [0.717, 1.165) is 31.0 Å². The van der Waals surface area contributed by atoms with E-state index in [-0.39, 0.29) is 24.0 Å². The number of rotatable bonds is 5. The SMILES string of the molecule is CN=C(NCc1ccc(C(=O)OC)c(OC)c1)N1CCC(C)C(n2ccnc2)C1.I. The predicted molar refractivity (Wildman–Crippen MR) is 127 cm³/mol. The number of halogens is 1. The molecule has 9 heteroatoms. The maximum absolute atomic E-state index is 11.8. The summed E-state index contributed by atoms with van der Waals surface area (Å²) < 4.78 is 12.3. The van der Waals surface area contributed by atoms with Crippen LogP contribution in [-0.4, -0.2) is 60.7 Å². The van der Waals surface area contributed by atoms with Crippen molar-refractivity contribution in [3.05, 3.63) is 48.0 Å². The van der Waals surface area contributed by atoms with Gasteiger partial charge in [0.15, 0.2) is 5.96 Å². The van der Waals surface area contributed by atoms with Gasteiger partial charge in [-0.2, -0.15) is 0 Å². The number of nitrogens with one attached hydrogen (secondary N) is 1. The first-order valence-electron chi connectivity index (χ1n) is 9.75. The number of methoxy groups -OCH3 is 2.